The summed E-state index contributed by atoms with van der Waals surface area (Å²) in [7, 11) is -1.68. The normalized spacial score (nSPS) is 22.4. The number of nitrogens with one attached hydrogen (secondary N) is 2. The lowest BCUT2D eigenvalue weighted by Crippen LogP contribution is -2.48. The molecule has 0 saturated carbocycles. The molecule has 0 aliphatic carbocycles. The van der Waals surface area contributed by atoms with E-state index in [1.807, 2.05) is 38.1 Å². The monoisotopic (exact) mass is 520 g/mol. The van der Waals surface area contributed by atoms with Crippen LogP contribution in [-0.4, -0.2) is 72.4 Å². The van der Waals surface area contributed by atoms with Gasteiger partial charge in [-0.3, -0.25) is 9.59 Å². The van der Waals surface area contributed by atoms with Crippen LogP contribution in [0.4, 0.5) is 0 Å². The van der Waals surface area contributed by atoms with Gasteiger partial charge < -0.3 is 20.3 Å². The second kappa shape index (κ2) is 11.9. The Balaban J connectivity index is 0.000000280. The molecule has 2 saturated heterocycles. The van der Waals surface area contributed by atoms with Gasteiger partial charge in [0.25, 0.3) is 11.5 Å². The van der Waals surface area contributed by atoms with E-state index in [1.165, 1.54) is 19.9 Å². The summed E-state index contributed by atoms with van der Waals surface area (Å²) in [5, 5.41) is 16.7. The van der Waals surface area contributed by atoms with Crippen molar-refractivity contribution in [3.63, 3.8) is 0 Å². The average Bonchev–Trinajstić information content (AvgIpc) is 3.15. The van der Waals surface area contributed by atoms with Crippen LogP contribution in [0.2, 0.25) is 0 Å². The largest absolute Gasteiger partial charge is 0.392 e. The highest BCUT2D eigenvalue weighted by Crippen LogP contribution is 2.27. The molecule has 0 radical (unpaired) electrons. The number of hydrogen-bond acceptors (Lipinski definition) is 6. The molecule has 2 aliphatic heterocycles. The number of nitrogens with zero attached hydrogens (tertiary/aromatic N) is 2. The molecule has 4 rings (SSSR count). The Morgan fingerprint density at radius 1 is 1.22 bits per heavy atom. The number of aliphatic hydroxyl groups is 1. The van der Waals surface area contributed by atoms with Crippen LogP contribution in [0.1, 0.15) is 69.3 Å². The molecule has 1 aromatic heterocycles. The van der Waals surface area contributed by atoms with Crippen LogP contribution < -0.4 is 16.2 Å². The Bertz CT molecular complexity index is 1210. The number of hydrogen-bond donors (Lipinski definition) is 3. The van der Waals surface area contributed by atoms with E-state index < -0.39 is 16.1 Å². The Hall–Kier alpha value is -2.27. The van der Waals surface area contributed by atoms with Gasteiger partial charge in [0.2, 0.25) is 10.0 Å². The lowest BCUT2D eigenvalue weighted by Gasteiger charge is -2.29. The van der Waals surface area contributed by atoms with Crippen LogP contribution in [0.15, 0.2) is 35.1 Å². The number of aromatic nitrogens is 1. The molecule has 1 aromatic carbocycles. The number of benzene rings is 1. The van der Waals surface area contributed by atoms with Gasteiger partial charge >= 0.3 is 0 Å². The molecule has 200 valence electrons. The van der Waals surface area contributed by atoms with Gasteiger partial charge in [0.15, 0.2) is 0 Å². The SMILES string of the molecule is CC(C)n1c(=O)c(C(=O)NC2C[C@H]3CC[C@@H](C2)N3)cc2ccccc21.CC[C@@H](O)CN(C)S(C)(=O)=O. The molecule has 36 heavy (non-hydrogen) atoms. The van der Waals surface area contributed by atoms with E-state index in [-0.39, 0.29) is 35.7 Å². The van der Waals surface area contributed by atoms with Crippen LogP contribution in [0.5, 0.6) is 0 Å². The van der Waals surface area contributed by atoms with E-state index in [1.54, 1.807) is 17.6 Å². The van der Waals surface area contributed by atoms with Crippen LogP contribution in [0, 0.1) is 0 Å². The first-order chi connectivity index (χ1) is 16.9. The Morgan fingerprint density at radius 3 is 2.39 bits per heavy atom. The minimum atomic E-state index is -3.13. The highest BCUT2D eigenvalue weighted by Gasteiger charge is 2.34. The van der Waals surface area contributed by atoms with Gasteiger partial charge in [0, 0.05) is 37.8 Å². The Morgan fingerprint density at radius 2 is 1.83 bits per heavy atom. The molecular formula is C26H40N4O5S. The molecule has 3 N–H and O–H groups in total. The topological polar surface area (TPSA) is 121 Å². The van der Waals surface area contributed by atoms with Crippen LogP contribution in [0.25, 0.3) is 10.9 Å². The number of carbonyl (C=O) groups is 1. The van der Waals surface area contributed by atoms with Crippen molar-refractivity contribution in [2.75, 3.05) is 19.8 Å². The first kappa shape index (κ1) is 28.3. The van der Waals surface area contributed by atoms with Crippen molar-refractivity contribution in [3.8, 4) is 0 Å². The minimum absolute atomic E-state index is 0.000116. The summed E-state index contributed by atoms with van der Waals surface area (Å²) >= 11 is 0. The number of pyridine rings is 1. The van der Waals surface area contributed by atoms with E-state index in [9.17, 15) is 18.0 Å². The van der Waals surface area contributed by atoms with Gasteiger partial charge in [0.05, 0.1) is 17.9 Å². The number of amides is 1. The van der Waals surface area contributed by atoms with E-state index in [0.717, 1.165) is 34.3 Å². The summed E-state index contributed by atoms with van der Waals surface area (Å²) in [6.07, 6.45) is 5.41. The second-order valence-corrected chi connectivity index (χ2v) is 12.4. The third-order valence-electron chi connectivity index (χ3n) is 7.02. The van der Waals surface area contributed by atoms with E-state index in [0.29, 0.717) is 18.5 Å². The summed E-state index contributed by atoms with van der Waals surface area (Å²) in [4.78, 5) is 25.8. The zero-order chi connectivity index (χ0) is 26.6. The molecule has 9 nitrogen and oxygen atoms in total. The summed E-state index contributed by atoms with van der Waals surface area (Å²) < 4.78 is 24.5. The van der Waals surface area contributed by atoms with Crippen molar-refractivity contribution in [1.29, 1.82) is 0 Å². The predicted octanol–water partition coefficient (Wildman–Crippen LogP) is 2.24. The zero-order valence-corrected chi connectivity index (χ0v) is 22.7. The number of aliphatic hydroxyl groups excluding tert-OH is 1. The third kappa shape index (κ3) is 6.94. The van der Waals surface area contributed by atoms with Gasteiger partial charge in [-0.2, -0.15) is 0 Å². The van der Waals surface area contributed by atoms with E-state index >= 15 is 0 Å². The first-order valence-electron chi connectivity index (χ1n) is 12.7. The molecule has 10 heteroatoms. The summed E-state index contributed by atoms with van der Waals surface area (Å²) in [6.45, 7) is 5.93. The Kier molecular flexibility index (Phi) is 9.32. The summed E-state index contributed by atoms with van der Waals surface area (Å²) in [5.41, 5.74) is 0.917. The molecule has 4 atom stereocenters. The maximum Gasteiger partial charge on any atom is 0.264 e. The average molecular weight is 521 g/mol. The van der Waals surface area contributed by atoms with Gasteiger partial charge in [-0.05, 0) is 63.5 Å². The minimum Gasteiger partial charge on any atom is -0.392 e. The number of fused-ring (bicyclic) bond motifs is 3. The quantitative estimate of drug-likeness (QED) is 0.515. The van der Waals surface area contributed by atoms with Gasteiger partial charge in [-0.1, -0.05) is 25.1 Å². The summed E-state index contributed by atoms with van der Waals surface area (Å²) in [6, 6.07) is 10.7. The zero-order valence-electron chi connectivity index (χ0n) is 21.9. The lowest BCUT2D eigenvalue weighted by atomic mass is 9.99. The smallest absolute Gasteiger partial charge is 0.264 e. The van der Waals surface area contributed by atoms with Crippen LogP contribution >= 0.6 is 0 Å². The van der Waals surface area contributed by atoms with E-state index in [2.05, 4.69) is 10.6 Å². The Labute approximate surface area is 213 Å². The number of rotatable bonds is 7. The fourth-order valence-corrected chi connectivity index (χ4v) is 5.40. The number of carbonyl (C=O) groups excluding carboxylic acids is 1. The van der Waals surface area contributed by atoms with Gasteiger partial charge in [-0.15, -0.1) is 0 Å². The number of sulfonamides is 1. The van der Waals surface area contributed by atoms with Crippen molar-refractivity contribution in [3.05, 3.63) is 46.2 Å². The van der Waals surface area contributed by atoms with Crippen LogP contribution in [-0.2, 0) is 10.0 Å². The fraction of sp³-hybridized carbons (Fsp3) is 0.615. The summed E-state index contributed by atoms with van der Waals surface area (Å²) in [5.74, 6) is -0.239. The number of likely N-dealkylation sites (N-methyl/N-ethyl adjacent to an activating group) is 1. The standard InChI is InChI=1S/C20H25N3O2.C6H15NO3S/c1-12(2)23-18-6-4-3-5-13(18)9-17(20(23)25)19(24)22-16-10-14-7-8-15(11-16)21-14;1-4-6(8)5-7(2)11(3,9)10/h3-6,9,12,14-16,21H,7-8,10-11H2,1-2H3,(H,22,24);6,8H,4-5H2,1-3H3/t14-,15+,16?;6-/m.1/s1. The first-order valence-corrected chi connectivity index (χ1v) is 14.6. The lowest BCUT2D eigenvalue weighted by molar-refractivity contribution is 0.0922. The molecule has 2 aliphatic rings. The van der Waals surface area contributed by atoms with Crippen molar-refractivity contribution in [2.24, 2.45) is 0 Å². The molecule has 2 aromatic rings. The molecular weight excluding hydrogens is 480 g/mol. The molecule has 2 fully saturated rings. The fourth-order valence-electron chi connectivity index (χ4n) is 4.96. The van der Waals surface area contributed by atoms with E-state index in [4.69, 9.17) is 5.11 Å². The van der Waals surface area contributed by atoms with Crippen molar-refractivity contribution in [1.82, 2.24) is 19.5 Å². The van der Waals surface area contributed by atoms with Crippen molar-refractivity contribution >= 4 is 26.8 Å². The molecule has 3 heterocycles. The van der Waals surface area contributed by atoms with Crippen molar-refractivity contribution < 1.29 is 18.3 Å². The highest BCUT2D eigenvalue weighted by atomic mass is 32.2. The predicted molar refractivity (Wildman–Crippen MR) is 143 cm³/mol. The highest BCUT2D eigenvalue weighted by molar-refractivity contribution is 7.88. The van der Waals surface area contributed by atoms with Gasteiger partial charge in [0.1, 0.15) is 5.56 Å². The number of piperidine rings is 1. The number of para-hydroxylation sites is 1. The molecule has 2 bridgehead atoms. The molecule has 1 amide bonds. The van der Waals surface area contributed by atoms with Crippen LogP contribution in [0.3, 0.4) is 0 Å². The second-order valence-electron chi connectivity index (χ2n) is 10.3. The van der Waals surface area contributed by atoms with Gasteiger partial charge in [-0.25, -0.2) is 12.7 Å². The molecule has 1 unspecified atom stereocenters. The maximum atomic E-state index is 12.9. The third-order valence-corrected chi connectivity index (χ3v) is 8.30. The maximum absolute atomic E-state index is 12.9. The van der Waals surface area contributed by atoms with Crippen molar-refractivity contribution in [2.45, 2.75) is 83.1 Å². The molecule has 0 spiro atoms.